The molecule has 0 fully saturated rings. The van der Waals surface area contributed by atoms with Gasteiger partial charge in [-0.05, 0) is 79.0 Å². The Kier molecular flexibility index (Phi) is 7.62. The van der Waals surface area contributed by atoms with E-state index < -0.39 is 0 Å². The van der Waals surface area contributed by atoms with Crippen LogP contribution in [0.5, 0.6) is 0 Å². The number of amides is 1. The molecule has 168 valence electrons. The second-order valence-electron chi connectivity index (χ2n) is 8.28. The van der Waals surface area contributed by atoms with Gasteiger partial charge in [-0.1, -0.05) is 24.8 Å². The Labute approximate surface area is 190 Å². The van der Waals surface area contributed by atoms with Crippen molar-refractivity contribution in [1.29, 1.82) is 5.41 Å². The van der Waals surface area contributed by atoms with Gasteiger partial charge in [0.2, 0.25) is 0 Å². The van der Waals surface area contributed by atoms with Crippen LogP contribution in [-0.4, -0.2) is 57.4 Å². The first-order valence-electron chi connectivity index (χ1n) is 10.8. The number of hydrogen-bond donors (Lipinski definition) is 3. The Morgan fingerprint density at radius 3 is 2.56 bits per heavy atom. The van der Waals surface area contributed by atoms with Crippen molar-refractivity contribution in [1.82, 2.24) is 10.2 Å². The van der Waals surface area contributed by atoms with Crippen LogP contribution in [0.2, 0.25) is 0 Å². The van der Waals surface area contributed by atoms with Crippen LogP contribution in [0.4, 0.5) is 5.69 Å². The maximum absolute atomic E-state index is 12.4. The van der Waals surface area contributed by atoms with Gasteiger partial charge < -0.3 is 26.1 Å². The minimum absolute atomic E-state index is 0.0871. The molecule has 32 heavy (non-hydrogen) atoms. The van der Waals surface area contributed by atoms with Crippen LogP contribution in [0.1, 0.15) is 39.0 Å². The standard InChI is InChI=1S/C26H32N4O2/c1-17-5-10-24(28)22(15-27)25(17)21-11-14-32-16-23(21)18(2)19-6-8-20(9-7-19)26(31)29-12-13-30(3)4/h5-10,15,27H,2,11-14,16,28H2,1,3-4H3,(H,29,31). The number of carbonyl (C=O) groups is 1. The van der Waals surface area contributed by atoms with Crippen LogP contribution in [0.15, 0.2) is 48.6 Å². The highest BCUT2D eigenvalue weighted by atomic mass is 16.5. The summed E-state index contributed by atoms with van der Waals surface area (Å²) in [7, 11) is 3.95. The normalized spacial score (nSPS) is 13.9. The Balaban J connectivity index is 1.90. The van der Waals surface area contributed by atoms with Gasteiger partial charge in [-0.3, -0.25) is 4.79 Å². The SMILES string of the molecule is C=C(C1=C(c2c(C)ccc(N)c2C=N)CCOC1)c1ccc(C(=O)NCCN(C)C)cc1. The average Bonchev–Trinajstić information content (AvgIpc) is 2.79. The summed E-state index contributed by atoms with van der Waals surface area (Å²) in [5.41, 5.74) is 14.1. The molecule has 1 amide bonds. The number of ether oxygens (including phenoxy) is 1. The Hall–Kier alpha value is -3.22. The predicted molar refractivity (Wildman–Crippen MR) is 132 cm³/mol. The first-order chi connectivity index (χ1) is 15.3. The second kappa shape index (κ2) is 10.4. The molecule has 0 radical (unpaired) electrons. The number of rotatable bonds is 8. The first kappa shape index (κ1) is 23.4. The number of benzene rings is 2. The number of aryl methyl sites for hydroxylation is 1. The fourth-order valence-corrected chi connectivity index (χ4v) is 3.92. The van der Waals surface area contributed by atoms with Crippen LogP contribution >= 0.6 is 0 Å². The van der Waals surface area contributed by atoms with E-state index in [1.165, 1.54) is 6.21 Å². The van der Waals surface area contributed by atoms with Gasteiger partial charge >= 0.3 is 0 Å². The molecule has 0 saturated carbocycles. The minimum Gasteiger partial charge on any atom is -0.398 e. The third-order valence-electron chi connectivity index (χ3n) is 5.75. The van der Waals surface area contributed by atoms with E-state index in [0.29, 0.717) is 31.0 Å². The Bertz CT molecular complexity index is 1050. The molecule has 0 aliphatic carbocycles. The van der Waals surface area contributed by atoms with Crippen molar-refractivity contribution >= 4 is 29.0 Å². The molecule has 3 rings (SSSR count). The van der Waals surface area contributed by atoms with E-state index in [9.17, 15) is 4.79 Å². The molecule has 1 aliphatic rings. The third-order valence-corrected chi connectivity index (χ3v) is 5.75. The van der Waals surface area contributed by atoms with Gasteiger partial charge in [0.25, 0.3) is 5.91 Å². The molecule has 1 aliphatic heterocycles. The molecular weight excluding hydrogens is 400 g/mol. The predicted octanol–water partition coefficient (Wildman–Crippen LogP) is 3.75. The molecule has 1 heterocycles. The zero-order valence-electron chi connectivity index (χ0n) is 19.1. The summed E-state index contributed by atoms with van der Waals surface area (Å²) >= 11 is 0. The quantitative estimate of drug-likeness (QED) is 0.438. The van der Waals surface area contributed by atoms with Gasteiger partial charge in [-0.2, -0.15) is 0 Å². The van der Waals surface area contributed by atoms with E-state index in [-0.39, 0.29) is 5.91 Å². The molecule has 0 aromatic heterocycles. The average molecular weight is 433 g/mol. The van der Waals surface area contributed by atoms with Crippen molar-refractivity contribution in [2.45, 2.75) is 13.3 Å². The maximum Gasteiger partial charge on any atom is 0.251 e. The van der Waals surface area contributed by atoms with Crippen molar-refractivity contribution in [2.75, 3.05) is 46.1 Å². The van der Waals surface area contributed by atoms with E-state index in [2.05, 4.69) is 11.9 Å². The first-order valence-corrected chi connectivity index (χ1v) is 10.8. The lowest BCUT2D eigenvalue weighted by Crippen LogP contribution is -2.31. The monoisotopic (exact) mass is 432 g/mol. The number of nitrogens with two attached hydrogens (primary N) is 1. The lowest BCUT2D eigenvalue weighted by atomic mass is 9.84. The number of nitrogens with one attached hydrogen (secondary N) is 2. The smallest absolute Gasteiger partial charge is 0.251 e. The topological polar surface area (TPSA) is 91.4 Å². The van der Waals surface area contributed by atoms with E-state index in [1.807, 2.05) is 62.3 Å². The van der Waals surface area contributed by atoms with Crippen LogP contribution < -0.4 is 11.1 Å². The van der Waals surface area contributed by atoms with Gasteiger partial charge in [0.1, 0.15) is 0 Å². The van der Waals surface area contributed by atoms with Gasteiger partial charge in [0.15, 0.2) is 0 Å². The number of nitrogen functional groups attached to an aromatic ring is 1. The summed E-state index contributed by atoms with van der Waals surface area (Å²) in [5, 5.41) is 10.8. The minimum atomic E-state index is -0.0871. The summed E-state index contributed by atoms with van der Waals surface area (Å²) in [6.07, 6.45) is 2.05. The van der Waals surface area contributed by atoms with E-state index in [0.717, 1.165) is 51.9 Å². The number of hydrogen-bond acceptors (Lipinski definition) is 5. The zero-order chi connectivity index (χ0) is 23.3. The van der Waals surface area contributed by atoms with E-state index in [4.69, 9.17) is 15.9 Å². The maximum atomic E-state index is 12.4. The molecule has 0 saturated heterocycles. The molecule has 0 spiro atoms. The molecule has 0 unspecified atom stereocenters. The highest BCUT2D eigenvalue weighted by Crippen LogP contribution is 2.37. The lowest BCUT2D eigenvalue weighted by Gasteiger charge is -2.25. The zero-order valence-corrected chi connectivity index (χ0v) is 19.1. The molecule has 6 heteroatoms. The van der Waals surface area contributed by atoms with Crippen molar-refractivity contribution in [3.63, 3.8) is 0 Å². The summed E-state index contributed by atoms with van der Waals surface area (Å²) < 4.78 is 5.77. The molecule has 0 atom stereocenters. The van der Waals surface area contributed by atoms with Crippen molar-refractivity contribution in [3.05, 3.63) is 76.4 Å². The summed E-state index contributed by atoms with van der Waals surface area (Å²) in [6, 6.07) is 11.3. The molecule has 2 aromatic rings. The van der Waals surface area contributed by atoms with Gasteiger partial charge in [-0.15, -0.1) is 0 Å². The summed E-state index contributed by atoms with van der Waals surface area (Å²) in [6.45, 7) is 8.84. The van der Waals surface area contributed by atoms with Gasteiger partial charge in [-0.25, -0.2) is 0 Å². The summed E-state index contributed by atoms with van der Waals surface area (Å²) in [5.74, 6) is -0.0871. The molecule has 0 bridgehead atoms. The van der Waals surface area contributed by atoms with Crippen molar-refractivity contribution in [2.24, 2.45) is 0 Å². The van der Waals surface area contributed by atoms with Crippen LogP contribution in [0.3, 0.4) is 0 Å². The molecule has 2 aromatic carbocycles. The number of carbonyl (C=O) groups excluding carboxylic acids is 1. The van der Waals surface area contributed by atoms with Crippen LogP contribution in [-0.2, 0) is 4.74 Å². The largest absolute Gasteiger partial charge is 0.398 e. The fourth-order valence-electron chi connectivity index (χ4n) is 3.92. The molecular formula is C26H32N4O2. The van der Waals surface area contributed by atoms with E-state index in [1.54, 1.807) is 0 Å². The van der Waals surface area contributed by atoms with Gasteiger partial charge in [0, 0.05) is 36.1 Å². The highest BCUT2D eigenvalue weighted by molar-refractivity contribution is 5.99. The number of anilines is 1. The molecule has 4 N–H and O–H groups in total. The summed E-state index contributed by atoms with van der Waals surface area (Å²) in [4.78, 5) is 14.4. The Morgan fingerprint density at radius 2 is 1.91 bits per heavy atom. The Morgan fingerprint density at radius 1 is 1.22 bits per heavy atom. The number of nitrogens with zero attached hydrogens (tertiary/aromatic N) is 1. The van der Waals surface area contributed by atoms with Crippen molar-refractivity contribution < 1.29 is 9.53 Å². The highest BCUT2D eigenvalue weighted by Gasteiger charge is 2.22. The second-order valence-corrected chi connectivity index (χ2v) is 8.28. The lowest BCUT2D eigenvalue weighted by molar-refractivity contribution is 0.0951. The fraction of sp³-hybridized carbons (Fsp3) is 0.308. The van der Waals surface area contributed by atoms with Crippen LogP contribution in [0, 0.1) is 12.3 Å². The molecule has 6 nitrogen and oxygen atoms in total. The number of likely N-dealkylation sites (N-methyl/N-ethyl adjacent to an activating group) is 1. The third kappa shape index (κ3) is 5.15. The van der Waals surface area contributed by atoms with Crippen LogP contribution in [0.25, 0.3) is 11.1 Å². The van der Waals surface area contributed by atoms with E-state index >= 15 is 0 Å². The van der Waals surface area contributed by atoms with Gasteiger partial charge in [0.05, 0.1) is 13.2 Å². The van der Waals surface area contributed by atoms with Crippen molar-refractivity contribution in [3.8, 4) is 0 Å².